The second kappa shape index (κ2) is 8.92. The molecule has 0 saturated carbocycles. The van der Waals surface area contributed by atoms with Crippen LogP contribution in [-0.2, 0) is 11.3 Å². The van der Waals surface area contributed by atoms with Crippen molar-refractivity contribution in [2.45, 2.75) is 32.4 Å². The van der Waals surface area contributed by atoms with Crippen LogP contribution in [0.15, 0.2) is 42.5 Å². The Morgan fingerprint density at radius 1 is 1.31 bits per heavy atom. The minimum Gasteiger partial charge on any atom is -0.495 e. The molecule has 3 rings (SSSR count). The molecule has 0 aromatic heterocycles. The third-order valence-corrected chi connectivity index (χ3v) is 4.62. The van der Waals surface area contributed by atoms with Gasteiger partial charge in [-0.3, -0.25) is 9.69 Å². The number of benzene rings is 2. The van der Waals surface area contributed by atoms with Crippen molar-refractivity contribution in [2.75, 3.05) is 24.7 Å². The van der Waals surface area contributed by atoms with Crippen molar-refractivity contribution in [3.63, 3.8) is 0 Å². The monoisotopic (exact) mass is 375 g/mol. The number of hydrogen-bond donors (Lipinski definition) is 2. The zero-order chi connectivity index (χ0) is 17.8. The molecule has 0 radical (unpaired) electrons. The van der Waals surface area contributed by atoms with Gasteiger partial charge in [0.1, 0.15) is 5.75 Å². The lowest BCUT2D eigenvalue weighted by Crippen LogP contribution is -2.39. The Balaban J connectivity index is 0.00000243. The van der Waals surface area contributed by atoms with Gasteiger partial charge in [0.2, 0.25) is 5.91 Å². The lowest BCUT2D eigenvalue weighted by Gasteiger charge is -2.24. The van der Waals surface area contributed by atoms with Gasteiger partial charge in [0.05, 0.1) is 18.8 Å². The molecule has 6 heteroatoms. The van der Waals surface area contributed by atoms with Crippen LogP contribution in [0.5, 0.6) is 5.75 Å². The fraction of sp³-hybridized carbons (Fsp3) is 0.350. The molecule has 2 aromatic carbocycles. The number of nitrogens with one attached hydrogen (secondary N) is 1. The molecule has 1 aliphatic heterocycles. The summed E-state index contributed by atoms with van der Waals surface area (Å²) in [6, 6.07) is 13.5. The van der Waals surface area contributed by atoms with Crippen LogP contribution in [-0.4, -0.2) is 30.5 Å². The fourth-order valence-electron chi connectivity index (χ4n) is 3.37. The highest BCUT2D eigenvalue weighted by molar-refractivity contribution is 5.96. The summed E-state index contributed by atoms with van der Waals surface area (Å²) in [6.07, 6.45) is 1.88. The van der Waals surface area contributed by atoms with Gasteiger partial charge in [-0.25, -0.2) is 0 Å². The van der Waals surface area contributed by atoms with Crippen molar-refractivity contribution < 1.29 is 9.53 Å². The number of nitrogens with zero attached hydrogens (tertiary/aromatic N) is 1. The highest BCUT2D eigenvalue weighted by atomic mass is 35.5. The van der Waals surface area contributed by atoms with Crippen LogP contribution in [0.1, 0.15) is 24.0 Å². The molecule has 1 amide bonds. The lowest BCUT2D eigenvalue weighted by molar-refractivity contribution is -0.120. The summed E-state index contributed by atoms with van der Waals surface area (Å²) in [5.41, 5.74) is 9.56. The molecule has 1 fully saturated rings. The van der Waals surface area contributed by atoms with Crippen molar-refractivity contribution >= 4 is 29.7 Å². The van der Waals surface area contributed by atoms with Crippen molar-refractivity contribution in [1.29, 1.82) is 0 Å². The minimum absolute atomic E-state index is 0. The molecular weight excluding hydrogens is 350 g/mol. The van der Waals surface area contributed by atoms with E-state index in [1.807, 2.05) is 49.4 Å². The number of nitrogen functional groups attached to an aromatic ring is 1. The highest BCUT2D eigenvalue weighted by Crippen LogP contribution is 2.27. The standard InChI is InChI=1S/C20H25N3O2.ClH/c1-14-8-9-19(25-2)17(11-14)22-20(24)18-7-4-10-23(18)13-15-5-3-6-16(21)12-15;/h3,5-6,8-9,11-12,18H,4,7,10,13,21H2,1-2H3,(H,22,24);1H. The predicted molar refractivity (Wildman–Crippen MR) is 108 cm³/mol. The van der Waals surface area contributed by atoms with Crippen LogP contribution >= 0.6 is 12.4 Å². The van der Waals surface area contributed by atoms with Gasteiger partial charge in [0.25, 0.3) is 0 Å². The van der Waals surface area contributed by atoms with E-state index in [-0.39, 0.29) is 24.4 Å². The van der Waals surface area contributed by atoms with Crippen LogP contribution in [0.25, 0.3) is 0 Å². The van der Waals surface area contributed by atoms with E-state index in [2.05, 4.69) is 10.2 Å². The number of halogens is 1. The number of likely N-dealkylation sites (tertiary alicyclic amines) is 1. The zero-order valence-corrected chi connectivity index (χ0v) is 16.0. The average Bonchev–Trinajstić information content (AvgIpc) is 3.03. The van der Waals surface area contributed by atoms with Crippen molar-refractivity contribution in [3.8, 4) is 5.75 Å². The molecule has 1 heterocycles. The molecular formula is C20H26ClN3O2. The van der Waals surface area contributed by atoms with Gasteiger partial charge in [-0.05, 0) is 61.7 Å². The normalized spacial score (nSPS) is 16.8. The van der Waals surface area contributed by atoms with Crippen molar-refractivity contribution in [1.82, 2.24) is 4.90 Å². The third-order valence-electron chi connectivity index (χ3n) is 4.62. The number of nitrogens with two attached hydrogens (primary N) is 1. The number of carbonyl (C=O) groups excluding carboxylic acids is 1. The first-order valence-electron chi connectivity index (χ1n) is 8.61. The lowest BCUT2D eigenvalue weighted by atomic mass is 10.1. The van der Waals surface area contributed by atoms with Crippen LogP contribution in [0.3, 0.4) is 0 Å². The van der Waals surface area contributed by atoms with Gasteiger partial charge >= 0.3 is 0 Å². The number of anilines is 2. The van der Waals surface area contributed by atoms with E-state index in [0.29, 0.717) is 5.75 Å². The topological polar surface area (TPSA) is 67.6 Å². The first-order chi connectivity index (χ1) is 12.1. The summed E-state index contributed by atoms with van der Waals surface area (Å²) in [6.45, 7) is 3.64. The number of aryl methyl sites for hydroxylation is 1. The van der Waals surface area contributed by atoms with Crippen LogP contribution in [0.2, 0.25) is 0 Å². The van der Waals surface area contributed by atoms with Gasteiger partial charge < -0.3 is 15.8 Å². The van der Waals surface area contributed by atoms with Gasteiger partial charge in [-0.1, -0.05) is 18.2 Å². The van der Waals surface area contributed by atoms with Crippen molar-refractivity contribution in [2.24, 2.45) is 0 Å². The Morgan fingerprint density at radius 3 is 2.85 bits per heavy atom. The third kappa shape index (κ3) is 4.68. The van der Waals surface area contributed by atoms with E-state index >= 15 is 0 Å². The van der Waals surface area contributed by atoms with Gasteiger partial charge in [0.15, 0.2) is 0 Å². The quantitative estimate of drug-likeness (QED) is 0.783. The number of rotatable bonds is 5. The van der Waals surface area contributed by atoms with Crippen molar-refractivity contribution in [3.05, 3.63) is 53.6 Å². The summed E-state index contributed by atoms with van der Waals surface area (Å²) in [7, 11) is 1.61. The van der Waals surface area contributed by atoms with E-state index in [9.17, 15) is 4.79 Å². The van der Waals surface area contributed by atoms with E-state index in [4.69, 9.17) is 10.5 Å². The molecule has 26 heavy (non-hydrogen) atoms. The summed E-state index contributed by atoms with van der Waals surface area (Å²) in [5, 5.41) is 3.04. The number of amides is 1. The summed E-state index contributed by atoms with van der Waals surface area (Å²) in [4.78, 5) is 15.0. The fourth-order valence-corrected chi connectivity index (χ4v) is 3.37. The molecule has 3 N–H and O–H groups in total. The SMILES string of the molecule is COc1ccc(C)cc1NC(=O)C1CCCN1Cc1cccc(N)c1.Cl. The molecule has 0 aliphatic carbocycles. The summed E-state index contributed by atoms with van der Waals surface area (Å²) in [5.74, 6) is 0.699. The average molecular weight is 376 g/mol. The first kappa shape index (κ1) is 20.1. The second-order valence-electron chi connectivity index (χ2n) is 6.57. The Labute approximate surface area is 160 Å². The van der Waals surface area contributed by atoms with Crippen LogP contribution < -0.4 is 15.8 Å². The molecule has 0 bridgehead atoms. The Bertz CT molecular complexity index is 766. The molecule has 140 valence electrons. The van der Waals surface area contributed by atoms with E-state index in [0.717, 1.165) is 48.4 Å². The molecule has 2 aromatic rings. The van der Waals surface area contributed by atoms with Gasteiger partial charge in [-0.15, -0.1) is 12.4 Å². The molecule has 1 saturated heterocycles. The highest BCUT2D eigenvalue weighted by Gasteiger charge is 2.31. The van der Waals surface area contributed by atoms with E-state index in [1.165, 1.54) is 0 Å². The van der Waals surface area contributed by atoms with Gasteiger partial charge in [0, 0.05) is 12.2 Å². The van der Waals surface area contributed by atoms with Crippen LogP contribution in [0, 0.1) is 6.92 Å². The smallest absolute Gasteiger partial charge is 0.241 e. The maximum Gasteiger partial charge on any atom is 0.241 e. The zero-order valence-electron chi connectivity index (χ0n) is 15.2. The van der Waals surface area contributed by atoms with E-state index < -0.39 is 0 Å². The Morgan fingerprint density at radius 2 is 2.12 bits per heavy atom. The van der Waals surface area contributed by atoms with Crippen LogP contribution in [0.4, 0.5) is 11.4 Å². The maximum atomic E-state index is 12.8. The number of carbonyl (C=O) groups is 1. The molecule has 1 atom stereocenters. The second-order valence-corrected chi connectivity index (χ2v) is 6.57. The first-order valence-corrected chi connectivity index (χ1v) is 8.61. The van der Waals surface area contributed by atoms with E-state index in [1.54, 1.807) is 7.11 Å². The molecule has 0 spiro atoms. The summed E-state index contributed by atoms with van der Waals surface area (Å²) < 4.78 is 5.36. The van der Waals surface area contributed by atoms with Gasteiger partial charge in [-0.2, -0.15) is 0 Å². The Kier molecular flexibility index (Phi) is 6.89. The molecule has 1 unspecified atom stereocenters. The summed E-state index contributed by atoms with van der Waals surface area (Å²) >= 11 is 0. The predicted octanol–water partition coefficient (Wildman–Crippen LogP) is 3.61. The number of ether oxygens (including phenoxy) is 1. The minimum atomic E-state index is -0.133. The molecule has 5 nitrogen and oxygen atoms in total. The number of hydrogen-bond acceptors (Lipinski definition) is 4. The largest absolute Gasteiger partial charge is 0.495 e. The Hall–Kier alpha value is -2.24. The maximum absolute atomic E-state index is 12.8. The molecule has 1 aliphatic rings. The number of methoxy groups -OCH3 is 1.